The Kier molecular flexibility index (Phi) is 59.6. The molecule has 0 spiro atoms. The van der Waals surface area contributed by atoms with E-state index in [2.05, 4.69) is 86.8 Å². The van der Waals surface area contributed by atoms with Crippen LogP contribution in [0.4, 0.5) is 0 Å². The highest BCUT2D eigenvalue weighted by molar-refractivity contribution is 7.47. The first-order chi connectivity index (χ1) is 39.9. The number of unbranched alkanes of at least 4 members (excludes halogenated alkanes) is 37. The van der Waals surface area contributed by atoms with Crippen LogP contribution in [0.15, 0.2) is 72.9 Å². The molecule has 82 heavy (non-hydrogen) atoms. The minimum atomic E-state index is -4.46. The molecule has 0 saturated heterocycles. The lowest BCUT2D eigenvalue weighted by Crippen LogP contribution is -2.47. The molecule has 1 amide bonds. The van der Waals surface area contributed by atoms with Crippen molar-refractivity contribution in [3.63, 3.8) is 0 Å². The number of nitrogens with zero attached hydrogens (tertiary/aromatic N) is 1. The smallest absolute Gasteiger partial charge is 0.456 e. The van der Waals surface area contributed by atoms with E-state index in [4.69, 9.17) is 13.8 Å². The molecule has 0 aromatic rings. The molecule has 0 aromatic heterocycles. The zero-order valence-corrected chi connectivity index (χ0v) is 55.6. The second kappa shape index (κ2) is 61.5. The second-order valence-corrected chi connectivity index (χ2v) is 26.1. The number of quaternary nitrogens is 1. The summed E-state index contributed by atoms with van der Waals surface area (Å²) in [6.07, 6.45) is 80.5. The number of carbonyl (C=O) groups excluding carboxylic acids is 2. The van der Waals surface area contributed by atoms with Crippen LogP contribution in [0, 0.1) is 0 Å². The number of esters is 1. The number of allylic oxidation sites excluding steroid dienone is 11. The van der Waals surface area contributed by atoms with E-state index in [-0.39, 0.29) is 31.5 Å². The van der Waals surface area contributed by atoms with Crippen LogP contribution in [0.1, 0.15) is 323 Å². The van der Waals surface area contributed by atoms with Crippen molar-refractivity contribution in [3.8, 4) is 0 Å². The maximum atomic E-state index is 13.6. The van der Waals surface area contributed by atoms with Gasteiger partial charge in [-0.05, 0) is 102 Å². The molecule has 2 N–H and O–H groups in total. The highest BCUT2D eigenvalue weighted by atomic mass is 31.2. The summed E-state index contributed by atoms with van der Waals surface area (Å²) in [4.78, 5) is 37.9. The average molecular weight is 1170 g/mol. The fraction of sp³-hybridized carbons (Fsp3) is 0.806. The van der Waals surface area contributed by atoms with Crippen molar-refractivity contribution in [2.24, 2.45) is 0 Å². The number of nitrogens with one attached hydrogen (secondary N) is 1. The number of ether oxygens (including phenoxy) is 1. The maximum Gasteiger partial charge on any atom is 0.472 e. The van der Waals surface area contributed by atoms with Gasteiger partial charge in [-0.1, -0.05) is 280 Å². The van der Waals surface area contributed by atoms with E-state index in [1.165, 1.54) is 199 Å². The molecule has 0 bridgehead atoms. The van der Waals surface area contributed by atoms with Crippen molar-refractivity contribution >= 4 is 19.7 Å². The summed E-state index contributed by atoms with van der Waals surface area (Å²) in [5.74, 6) is -0.511. The molecule has 10 heteroatoms. The molecule has 0 heterocycles. The highest BCUT2D eigenvalue weighted by Crippen LogP contribution is 2.43. The summed E-state index contributed by atoms with van der Waals surface area (Å²) in [6.45, 7) is 6.98. The molecule has 9 nitrogen and oxygen atoms in total. The summed E-state index contributed by atoms with van der Waals surface area (Å²) in [6, 6.07) is -0.858. The predicted octanol–water partition coefficient (Wildman–Crippen LogP) is 22.0. The van der Waals surface area contributed by atoms with Gasteiger partial charge >= 0.3 is 13.8 Å². The van der Waals surface area contributed by atoms with Crippen molar-refractivity contribution in [3.05, 3.63) is 72.9 Å². The van der Waals surface area contributed by atoms with E-state index >= 15 is 0 Å². The summed E-state index contributed by atoms with van der Waals surface area (Å²) in [5, 5.41) is 3.06. The van der Waals surface area contributed by atoms with Crippen LogP contribution < -0.4 is 5.32 Å². The summed E-state index contributed by atoms with van der Waals surface area (Å²) in [7, 11) is 1.49. The maximum absolute atomic E-state index is 13.6. The Hall–Kier alpha value is -2.55. The van der Waals surface area contributed by atoms with Crippen LogP contribution >= 0.6 is 7.82 Å². The van der Waals surface area contributed by atoms with Crippen LogP contribution in [0.2, 0.25) is 0 Å². The lowest BCUT2D eigenvalue weighted by Gasteiger charge is -2.27. The van der Waals surface area contributed by atoms with Crippen molar-refractivity contribution in [2.75, 3.05) is 40.9 Å². The molecule has 3 atom stereocenters. The van der Waals surface area contributed by atoms with Crippen molar-refractivity contribution in [1.29, 1.82) is 0 Å². The Balaban J connectivity index is 5.09. The standard InChI is InChI=1S/C72H133N2O7P/c1-7-10-13-16-19-22-25-28-30-32-34-35-36-37-38-39-41-43-45-47-50-53-56-59-62-65-72(76)81-70(63-60-57-54-51-48-27-24-21-18-15-12-9-3)69(68-80-82(77,78)79-67-66-74(4,5)6)73-71(75)64-61-58-55-52-49-46-44-42-40-33-31-29-26-23-20-17-14-11-8-2/h19-20,22-23,28-31,40,42,60,63,69-70H,7-18,21,24-27,32-39,41,43-59,61-62,64-68H2,1-6H3,(H-,73,75,77,78)/p+1/b22-19-,23-20-,30-28-,31-29-,42-40-,63-60-. The van der Waals surface area contributed by atoms with Gasteiger partial charge in [0, 0.05) is 12.8 Å². The van der Waals surface area contributed by atoms with Gasteiger partial charge in [-0.15, -0.1) is 0 Å². The number of rotatable bonds is 63. The zero-order valence-electron chi connectivity index (χ0n) is 54.7. The Labute approximate surface area is 508 Å². The molecule has 478 valence electrons. The molecule has 0 aliphatic rings. The molecule has 0 rings (SSSR count). The number of hydrogen-bond acceptors (Lipinski definition) is 6. The van der Waals surface area contributed by atoms with Crippen LogP contribution in [0.5, 0.6) is 0 Å². The van der Waals surface area contributed by atoms with Crippen LogP contribution in [0.25, 0.3) is 0 Å². The van der Waals surface area contributed by atoms with Gasteiger partial charge in [-0.3, -0.25) is 18.6 Å². The van der Waals surface area contributed by atoms with Crippen molar-refractivity contribution in [1.82, 2.24) is 5.32 Å². The van der Waals surface area contributed by atoms with E-state index in [1.807, 2.05) is 33.3 Å². The zero-order chi connectivity index (χ0) is 60.0. The molecule has 0 aromatic carbocycles. The van der Waals surface area contributed by atoms with Gasteiger partial charge in [0.2, 0.25) is 5.91 Å². The fourth-order valence-corrected chi connectivity index (χ4v) is 10.7. The Morgan fingerprint density at radius 1 is 0.427 bits per heavy atom. The molecule has 0 fully saturated rings. The number of carbonyl (C=O) groups is 2. The summed E-state index contributed by atoms with van der Waals surface area (Å²) in [5.41, 5.74) is 0. The van der Waals surface area contributed by atoms with Gasteiger partial charge < -0.3 is 19.4 Å². The SMILES string of the molecule is CCCCC/C=C\C/C=C\C/C=C\CCCCCCCCC(=O)NC(COP(=O)(O)OCC[N+](C)(C)C)C(/C=C\CCCCCCCCCCCC)OC(=O)CCCCCCCCCCCCCCCCC/C=C\C/C=C\CCCCC. The Morgan fingerprint density at radius 2 is 0.744 bits per heavy atom. The van der Waals surface area contributed by atoms with Crippen molar-refractivity contribution < 1.29 is 37.3 Å². The number of phosphoric acid groups is 1. The van der Waals surface area contributed by atoms with Gasteiger partial charge in [-0.25, -0.2) is 4.57 Å². The molecule has 0 aliphatic carbocycles. The number of hydrogen-bond donors (Lipinski definition) is 2. The van der Waals surface area contributed by atoms with E-state index in [0.717, 1.165) is 89.9 Å². The quantitative estimate of drug-likeness (QED) is 0.0205. The molecule has 0 aliphatic heterocycles. The topological polar surface area (TPSA) is 111 Å². The first kappa shape index (κ1) is 79.5. The molecule has 0 radical (unpaired) electrons. The third kappa shape index (κ3) is 62.0. The van der Waals surface area contributed by atoms with Gasteiger partial charge in [0.05, 0.1) is 33.8 Å². The molecular weight excluding hydrogens is 1040 g/mol. The number of phosphoric ester groups is 1. The van der Waals surface area contributed by atoms with Crippen molar-refractivity contribution in [2.45, 2.75) is 335 Å². The predicted molar refractivity (Wildman–Crippen MR) is 355 cm³/mol. The van der Waals surface area contributed by atoms with E-state index in [9.17, 15) is 19.0 Å². The minimum absolute atomic E-state index is 0.0363. The second-order valence-electron chi connectivity index (χ2n) is 24.7. The number of likely N-dealkylation sites (N-methyl/N-ethyl adjacent to an activating group) is 1. The largest absolute Gasteiger partial charge is 0.472 e. The first-order valence-electron chi connectivity index (χ1n) is 34.8. The molecule has 0 saturated carbocycles. The van der Waals surface area contributed by atoms with Gasteiger partial charge in [0.15, 0.2) is 0 Å². The Bertz CT molecular complexity index is 1630. The van der Waals surface area contributed by atoms with Crippen LogP contribution in [-0.4, -0.2) is 74.3 Å². The Morgan fingerprint density at radius 3 is 1.13 bits per heavy atom. The van der Waals surface area contributed by atoms with E-state index in [0.29, 0.717) is 17.4 Å². The van der Waals surface area contributed by atoms with Crippen LogP contribution in [0.3, 0.4) is 0 Å². The third-order valence-corrected chi connectivity index (χ3v) is 16.4. The molecule has 3 unspecified atom stereocenters. The first-order valence-corrected chi connectivity index (χ1v) is 36.3. The third-order valence-electron chi connectivity index (χ3n) is 15.4. The minimum Gasteiger partial charge on any atom is -0.456 e. The fourth-order valence-electron chi connectivity index (χ4n) is 9.98. The molecular formula is C72H134N2O7P+. The monoisotopic (exact) mass is 1170 g/mol. The van der Waals surface area contributed by atoms with E-state index in [1.54, 1.807) is 0 Å². The number of amides is 1. The highest BCUT2D eigenvalue weighted by Gasteiger charge is 2.30. The van der Waals surface area contributed by atoms with Crippen LogP contribution in [-0.2, 0) is 27.9 Å². The van der Waals surface area contributed by atoms with E-state index < -0.39 is 20.0 Å². The summed E-state index contributed by atoms with van der Waals surface area (Å²) >= 11 is 0. The lowest BCUT2D eigenvalue weighted by atomic mass is 10.0. The summed E-state index contributed by atoms with van der Waals surface area (Å²) < 4.78 is 30.8. The average Bonchev–Trinajstić information content (AvgIpc) is 3.47. The van der Waals surface area contributed by atoms with Gasteiger partial charge in [0.1, 0.15) is 19.3 Å². The normalized spacial score (nSPS) is 14.0. The lowest BCUT2D eigenvalue weighted by molar-refractivity contribution is -0.870. The van der Waals surface area contributed by atoms with Gasteiger partial charge in [0.25, 0.3) is 0 Å². The van der Waals surface area contributed by atoms with Gasteiger partial charge in [-0.2, -0.15) is 0 Å².